The highest BCUT2D eigenvalue weighted by molar-refractivity contribution is 5.31. The Kier molecular flexibility index (Phi) is 5.62. The van der Waals surface area contributed by atoms with Crippen LogP contribution < -0.4 is 5.73 Å². The fraction of sp³-hybridized carbons (Fsp3) is 0.667. The number of benzene rings is 1. The van der Waals surface area contributed by atoms with Crippen LogP contribution in [0.3, 0.4) is 0 Å². The van der Waals surface area contributed by atoms with Gasteiger partial charge in [0.2, 0.25) is 0 Å². The molecule has 1 aromatic rings. The summed E-state index contributed by atoms with van der Waals surface area (Å²) in [5, 5.41) is 0. The van der Waals surface area contributed by atoms with Crippen LogP contribution in [-0.2, 0) is 0 Å². The van der Waals surface area contributed by atoms with E-state index >= 15 is 0 Å². The second-order valence-corrected chi connectivity index (χ2v) is 6.62. The summed E-state index contributed by atoms with van der Waals surface area (Å²) in [7, 11) is 2.24. The molecular weight excluding hydrogens is 244 g/mol. The van der Waals surface area contributed by atoms with Gasteiger partial charge in [0.1, 0.15) is 0 Å². The molecule has 1 aliphatic carbocycles. The van der Waals surface area contributed by atoms with E-state index in [2.05, 4.69) is 44.0 Å². The van der Waals surface area contributed by atoms with Gasteiger partial charge in [-0.05, 0) is 45.2 Å². The Balaban J connectivity index is 2.05. The molecule has 1 saturated carbocycles. The smallest absolute Gasteiger partial charge is 0.0467 e. The zero-order valence-corrected chi connectivity index (χ0v) is 13.4. The Labute approximate surface area is 124 Å². The summed E-state index contributed by atoms with van der Waals surface area (Å²) in [6.07, 6.45) is 7.05. The van der Waals surface area contributed by atoms with E-state index in [4.69, 9.17) is 5.73 Å². The summed E-state index contributed by atoms with van der Waals surface area (Å²) in [6, 6.07) is 7.18. The van der Waals surface area contributed by atoms with Gasteiger partial charge < -0.3 is 5.73 Å². The SMILES string of the molecule is Cc1cc(C)cc(C(CN)N(C)CC2CCCCC2)c1. The minimum absolute atomic E-state index is 0.357. The monoisotopic (exact) mass is 274 g/mol. The van der Waals surface area contributed by atoms with Crippen LogP contribution in [0, 0.1) is 19.8 Å². The maximum absolute atomic E-state index is 6.07. The molecule has 2 nitrogen and oxygen atoms in total. The molecule has 0 bridgehead atoms. The van der Waals surface area contributed by atoms with E-state index in [1.165, 1.54) is 55.3 Å². The zero-order valence-electron chi connectivity index (χ0n) is 13.4. The summed E-state index contributed by atoms with van der Waals surface area (Å²) in [4.78, 5) is 2.48. The van der Waals surface area contributed by atoms with Crippen molar-refractivity contribution >= 4 is 0 Å². The normalized spacial score (nSPS) is 18.4. The third-order valence-electron chi connectivity index (χ3n) is 4.66. The van der Waals surface area contributed by atoms with E-state index in [1.54, 1.807) is 0 Å². The standard InChI is InChI=1S/C18H30N2/c1-14-9-15(2)11-17(10-14)18(12-19)20(3)13-16-7-5-4-6-8-16/h9-11,16,18H,4-8,12-13,19H2,1-3H3. The van der Waals surface area contributed by atoms with Gasteiger partial charge in [-0.2, -0.15) is 0 Å². The second kappa shape index (κ2) is 7.24. The molecule has 2 N–H and O–H groups in total. The van der Waals surface area contributed by atoms with Crippen molar-refractivity contribution in [3.8, 4) is 0 Å². The molecule has 1 aromatic carbocycles. The van der Waals surface area contributed by atoms with Crippen LogP contribution in [0.2, 0.25) is 0 Å². The predicted octanol–water partition coefficient (Wildman–Crippen LogP) is 3.82. The van der Waals surface area contributed by atoms with Crippen molar-refractivity contribution in [1.29, 1.82) is 0 Å². The lowest BCUT2D eigenvalue weighted by Crippen LogP contribution is -2.35. The van der Waals surface area contributed by atoms with Gasteiger partial charge in [0.15, 0.2) is 0 Å². The average molecular weight is 274 g/mol. The van der Waals surface area contributed by atoms with E-state index < -0.39 is 0 Å². The zero-order chi connectivity index (χ0) is 14.5. The van der Waals surface area contributed by atoms with E-state index in [-0.39, 0.29) is 0 Å². The quantitative estimate of drug-likeness (QED) is 0.884. The molecule has 0 saturated heterocycles. The van der Waals surface area contributed by atoms with Crippen molar-refractivity contribution in [1.82, 2.24) is 4.90 Å². The first-order valence-electron chi connectivity index (χ1n) is 8.08. The molecule has 0 amide bonds. The van der Waals surface area contributed by atoms with Gasteiger partial charge in [-0.1, -0.05) is 48.6 Å². The Bertz CT molecular complexity index is 401. The molecule has 20 heavy (non-hydrogen) atoms. The van der Waals surface area contributed by atoms with Gasteiger partial charge in [0.05, 0.1) is 0 Å². The van der Waals surface area contributed by atoms with Crippen molar-refractivity contribution < 1.29 is 0 Å². The molecule has 0 aromatic heterocycles. The van der Waals surface area contributed by atoms with E-state index in [0.717, 1.165) is 5.92 Å². The van der Waals surface area contributed by atoms with Gasteiger partial charge in [-0.3, -0.25) is 4.90 Å². The summed E-state index contributed by atoms with van der Waals surface area (Å²) < 4.78 is 0. The number of nitrogens with zero attached hydrogens (tertiary/aromatic N) is 1. The molecule has 1 fully saturated rings. The number of aryl methyl sites for hydroxylation is 2. The van der Waals surface area contributed by atoms with Crippen LogP contribution in [0.4, 0.5) is 0 Å². The number of nitrogens with two attached hydrogens (primary N) is 1. The topological polar surface area (TPSA) is 29.3 Å². The molecule has 1 unspecified atom stereocenters. The number of hydrogen-bond donors (Lipinski definition) is 1. The van der Waals surface area contributed by atoms with Gasteiger partial charge in [-0.25, -0.2) is 0 Å². The molecule has 2 rings (SSSR count). The molecule has 0 spiro atoms. The molecule has 2 heteroatoms. The summed E-state index contributed by atoms with van der Waals surface area (Å²) >= 11 is 0. The lowest BCUT2D eigenvalue weighted by Gasteiger charge is -2.32. The van der Waals surface area contributed by atoms with Gasteiger partial charge in [0.25, 0.3) is 0 Å². The average Bonchev–Trinajstić information content (AvgIpc) is 2.39. The Morgan fingerprint density at radius 2 is 1.70 bits per heavy atom. The fourth-order valence-electron chi connectivity index (χ4n) is 3.68. The predicted molar refractivity (Wildman–Crippen MR) is 86.9 cm³/mol. The van der Waals surface area contributed by atoms with E-state index in [0.29, 0.717) is 12.6 Å². The summed E-state index contributed by atoms with van der Waals surface area (Å²) in [5.41, 5.74) is 10.1. The van der Waals surface area contributed by atoms with Crippen molar-refractivity contribution in [3.05, 3.63) is 34.9 Å². The maximum Gasteiger partial charge on any atom is 0.0467 e. The first-order chi connectivity index (χ1) is 9.60. The highest BCUT2D eigenvalue weighted by atomic mass is 15.1. The number of hydrogen-bond acceptors (Lipinski definition) is 2. The van der Waals surface area contributed by atoms with Gasteiger partial charge in [0, 0.05) is 19.1 Å². The lowest BCUT2D eigenvalue weighted by atomic mass is 9.88. The first-order valence-corrected chi connectivity index (χ1v) is 8.08. The van der Waals surface area contributed by atoms with Crippen molar-refractivity contribution in [2.75, 3.05) is 20.1 Å². The first kappa shape index (κ1) is 15.5. The molecule has 0 radical (unpaired) electrons. The van der Waals surface area contributed by atoms with Crippen LogP contribution in [-0.4, -0.2) is 25.0 Å². The highest BCUT2D eigenvalue weighted by Crippen LogP contribution is 2.27. The molecule has 112 valence electrons. The van der Waals surface area contributed by atoms with Gasteiger partial charge in [-0.15, -0.1) is 0 Å². The minimum atomic E-state index is 0.357. The Hall–Kier alpha value is -0.860. The van der Waals surface area contributed by atoms with Crippen molar-refractivity contribution in [3.63, 3.8) is 0 Å². The van der Waals surface area contributed by atoms with Gasteiger partial charge >= 0.3 is 0 Å². The largest absolute Gasteiger partial charge is 0.329 e. The molecule has 1 atom stereocenters. The molecular formula is C18H30N2. The van der Waals surface area contributed by atoms with Crippen LogP contribution in [0.15, 0.2) is 18.2 Å². The second-order valence-electron chi connectivity index (χ2n) is 6.62. The Morgan fingerprint density at radius 1 is 1.10 bits per heavy atom. The third-order valence-corrected chi connectivity index (χ3v) is 4.66. The number of likely N-dealkylation sites (N-methyl/N-ethyl adjacent to an activating group) is 1. The Morgan fingerprint density at radius 3 is 2.25 bits per heavy atom. The van der Waals surface area contributed by atoms with Crippen molar-refractivity contribution in [2.45, 2.75) is 52.0 Å². The van der Waals surface area contributed by atoms with Crippen LogP contribution in [0.5, 0.6) is 0 Å². The minimum Gasteiger partial charge on any atom is -0.329 e. The van der Waals surface area contributed by atoms with Crippen LogP contribution in [0.1, 0.15) is 54.8 Å². The number of rotatable bonds is 5. The molecule has 0 heterocycles. The van der Waals surface area contributed by atoms with E-state index in [9.17, 15) is 0 Å². The molecule has 0 aliphatic heterocycles. The summed E-state index contributed by atoms with van der Waals surface area (Å²) in [6.45, 7) is 6.23. The van der Waals surface area contributed by atoms with Crippen molar-refractivity contribution in [2.24, 2.45) is 11.7 Å². The fourth-order valence-corrected chi connectivity index (χ4v) is 3.68. The maximum atomic E-state index is 6.07. The summed E-state index contributed by atoms with van der Waals surface area (Å²) in [5.74, 6) is 0.869. The van der Waals surface area contributed by atoms with E-state index in [1.807, 2.05) is 0 Å². The highest BCUT2D eigenvalue weighted by Gasteiger charge is 2.21. The van der Waals surface area contributed by atoms with Crippen LogP contribution >= 0.6 is 0 Å². The third kappa shape index (κ3) is 4.07. The van der Waals surface area contributed by atoms with Crippen LogP contribution in [0.25, 0.3) is 0 Å². The lowest BCUT2D eigenvalue weighted by molar-refractivity contribution is 0.185. The molecule has 1 aliphatic rings.